The predicted octanol–water partition coefficient (Wildman–Crippen LogP) is 2.28. The number of anilines is 1. The minimum absolute atomic E-state index is 0.0760. The van der Waals surface area contributed by atoms with Crippen molar-refractivity contribution in [2.75, 3.05) is 11.9 Å². The van der Waals surface area contributed by atoms with Gasteiger partial charge in [-0.25, -0.2) is 9.78 Å². The van der Waals surface area contributed by atoms with Gasteiger partial charge in [-0.2, -0.15) is 0 Å². The molecular formula is C19H26N4O5S. The fourth-order valence-corrected chi connectivity index (χ4v) is 5.30. The van der Waals surface area contributed by atoms with E-state index in [0.717, 1.165) is 11.3 Å². The normalized spacial score (nSPS) is 25.8. The van der Waals surface area contributed by atoms with Gasteiger partial charge in [0.05, 0.1) is 5.69 Å². The molecule has 29 heavy (non-hydrogen) atoms. The quantitative estimate of drug-likeness (QED) is 0.555. The van der Waals surface area contributed by atoms with E-state index in [1.807, 2.05) is 0 Å². The van der Waals surface area contributed by atoms with Gasteiger partial charge in [0.15, 0.2) is 5.13 Å². The van der Waals surface area contributed by atoms with Crippen LogP contribution in [0, 0.1) is 11.3 Å². The summed E-state index contributed by atoms with van der Waals surface area (Å²) in [6.07, 6.45) is 2.09. The first kappa shape index (κ1) is 21.2. The molecule has 2 atom stereocenters. The zero-order valence-electron chi connectivity index (χ0n) is 17.0. The Morgan fingerprint density at radius 2 is 2.10 bits per heavy atom. The summed E-state index contributed by atoms with van der Waals surface area (Å²) in [5.41, 5.74) is -0.544. The number of amides is 4. The number of thiazole rings is 1. The van der Waals surface area contributed by atoms with Gasteiger partial charge in [0.2, 0.25) is 5.91 Å². The van der Waals surface area contributed by atoms with Gasteiger partial charge in [-0.05, 0) is 30.6 Å². The number of nitrogens with zero attached hydrogens (tertiary/aromatic N) is 2. The van der Waals surface area contributed by atoms with Crippen LogP contribution in [-0.2, 0) is 25.7 Å². The molecule has 9 nitrogen and oxygen atoms in total. The lowest BCUT2D eigenvalue weighted by Gasteiger charge is -2.43. The number of nitrogens with one attached hydrogen (secondary N) is 2. The summed E-state index contributed by atoms with van der Waals surface area (Å²) >= 11 is 1.21. The maximum Gasteiger partial charge on any atom is 0.326 e. The van der Waals surface area contributed by atoms with E-state index in [1.54, 1.807) is 5.38 Å². The maximum atomic E-state index is 13.0. The van der Waals surface area contributed by atoms with Crippen molar-refractivity contribution in [3.8, 4) is 0 Å². The summed E-state index contributed by atoms with van der Waals surface area (Å²) in [5.74, 6) is -1.00. The van der Waals surface area contributed by atoms with Crippen LogP contribution in [0.4, 0.5) is 9.93 Å². The Bertz CT molecular complexity index is 851. The van der Waals surface area contributed by atoms with Crippen molar-refractivity contribution < 1.29 is 23.9 Å². The second kappa shape index (κ2) is 7.74. The number of hydrogen-bond donors (Lipinski definition) is 2. The fourth-order valence-electron chi connectivity index (χ4n) is 4.56. The molecule has 10 heteroatoms. The molecular weight excluding hydrogens is 396 g/mol. The van der Waals surface area contributed by atoms with E-state index < -0.39 is 24.1 Å². The van der Waals surface area contributed by atoms with Crippen molar-refractivity contribution in [2.45, 2.75) is 59.1 Å². The van der Waals surface area contributed by atoms with Crippen LogP contribution in [0.15, 0.2) is 5.38 Å². The summed E-state index contributed by atoms with van der Waals surface area (Å²) in [4.78, 5) is 53.8. The zero-order valence-corrected chi connectivity index (χ0v) is 17.9. The first-order valence-electron chi connectivity index (χ1n) is 9.51. The number of imide groups is 1. The predicted molar refractivity (Wildman–Crippen MR) is 106 cm³/mol. The molecule has 0 aromatic carbocycles. The Morgan fingerprint density at radius 1 is 1.38 bits per heavy atom. The number of ether oxygens (including phenoxy) is 1. The highest BCUT2D eigenvalue weighted by atomic mass is 32.1. The van der Waals surface area contributed by atoms with E-state index in [-0.39, 0.29) is 29.8 Å². The van der Waals surface area contributed by atoms with E-state index in [4.69, 9.17) is 4.74 Å². The van der Waals surface area contributed by atoms with Crippen LogP contribution in [0.25, 0.3) is 0 Å². The average molecular weight is 423 g/mol. The van der Waals surface area contributed by atoms with Gasteiger partial charge in [-0.15, -0.1) is 11.3 Å². The third kappa shape index (κ3) is 4.75. The van der Waals surface area contributed by atoms with Crippen LogP contribution in [0.2, 0.25) is 0 Å². The van der Waals surface area contributed by atoms with Gasteiger partial charge in [0.1, 0.15) is 18.7 Å². The molecule has 0 radical (unpaired) electrons. The standard InChI is InChI=1S/C19H26N4O5S/c1-11-5-18(3,4)10-19(6-11)15(26)23(17(27)22-19)7-14(25)28-8-13-9-29-16(21-13)20-12(2)24/h9,11H,5-8,10H2,1-4H3,(H,22,27)(H,20,21,24)/t11-,19-/m1/s1. The first-order valence-corrected chi connectivity index (χ1v) is 10.4. The maximum absolute atomic E-state index is 13.0. The molecule has 0 bridgehead atoms. The van der Waals surface area contributed by atoms with Crippen molar-refractivity contribution in [1.29, 1.82) is 0 Å². The summed E-state index contributed by atoms with van der Waals surface area (Å²) in [5, 5.41) is 7.45. The molecule has 1 saturated carbocycles. The Labute approximate surface area is 173 Å². The molecule has 1 saturated heterocycles. The number of carbonyl (C=O) groups excluding carboxylic acids is 4. The largest absolute Gasteiger partial charge is 0.458 e. The van der Waals surface area contributed by atoms with Gasteiger partial charge < -0.3 is 15.4 Å². The number of urea groups is 1. The van der Waals surface area contributed by atoms with Crippen molar-refractivity contribution in [3.05, 3.63) is 11.1 Å². The lowest BCUT2D eigenvalue weighted by Crippen LogP contribution is -2.54. The van der Waals surface area contributed by atoms with Gasteiger partial charge in [0, 0.05) is 12.3 Å². The lowest BCUT2D eigenvalue weighted by atomic mass is 9.64. The smallest absolute Gasteiger partial charge is 0.326 e. The number of aromatic nitrogens is 1. The first-order chi connectivity index (χ1) is 13.5. The summed E-state index contributed by atoms with van der Waals surface area (Å²) in [6, 6.07) is -0.557. The van der Waals surface area contributed by atoms with Crippen LogP contribution >= 0.6 is 11.3 Å². The van der Waals surface area contributed by atoms with Crippen LogP contribution in [-0.4, -0.2) is 45.8 Å². The number of carbonyl (C=O) groups is 4. The van der Waals surface area contributed by atoms with E-state index >= 15 is 0 Å². The average Bonchev–Trinajstić information content (AvgIpc) is 3.09. The van der Waals surface area contributed by atoms with Crippen molar-refractivity contribution in [3.63, 3.8) is 0 Å². The molecule has 2 heterocycles. The van der Waals surface area contributed by atoms with E-state index in [9.17, 15) is 19.2 Å². The van der Waals surface area contributed by atoms with E-state index in [0.29, 0.717) is 23.7 Å². The molecule has 1 aliphatic heterocycles. The number of hydrogen-bond acceptors (Lipinski definition) is 7. The van der Waals surface area contributed by atoms with Crippen LogP contribution in [0.1, 0.15) is 52.7 Å². The molecule has 0 unspecified atom stereocenters. The van der Waals surface area contributed by atoms with E-state index in [1.165, 1.54) is 18.3 Å². The van der Waals surface area contributed by atoms with Crippen LogP contribution < -0.4 is 10.6 Å². The SMILES string of the molecule is CC(=O)Nc1nc(COC(=O)CN2C(=O)N[C@@]3(C[C@H](C)CC(C)(C)C3)C2=O)cs1. The van der Waals surface area contributed by atoms with Crippen molar-refractivity contribution >= 4 is 40.3 Å². The van der Waals surface area contributed by atoms with Gasteiger partial charge >= 0.3 is 12.0 Å². The molecule has 3 rings (SSSR count). The van der Waals surface area contributed by atoms with Gasteiger partial charge in [0.25, 0.3) is 5.91 Å². The third-order valence-corrected chi connectivity index (χ3v) is 5.93. The lowest BCUT2D eigenvalue weighted by molar-refractivity contribution is -0.149. The Morgan fingerprint density at radius 3 is 2.76 bits per heavy atom. The molecule has 1 aliphatic carbocycles. The Kier molecular flexibility index (Phi) is 5.66. The van der Waals surface area contributed by atoms with E-state index in [2.05, 4.69) is 36.4 Å². The summed E-state index contributed by atoms with van der Waals surface area (Å²) in [7, 11) is 0. The molecule has 2 aliphatic rings. The second-order valence-corrected chi connectivity index (χ2v) is 9.60. The van der Waals surface area contributed by atoms with Crippen molar-refractivity contribution in [2.24, 2.45) is 11.3 Å². The zero-order chi connectivity index (χ0) is 21.4. The Hall–Kier alpha value is -2.49. The van der Waals surface area contributed by atoms with Crippen LogP contribution in [0.3, 0.4) is 0 Å². The molecule has 1 spiro atoms. The molecule has 1 aromatic rings. The number of rotatable bonds is 5. The molecule has 2 fully saturated rings. The highest BCUT2D eigenvalue weighted by Crippen LogP contribution is 2.46. The molecule has 4 amide bonds. The highest BCUT2D eigenvalue weighted by molar-refractivity contribution is 7.13. The van der Waals surface area contributed by atoms with Gasteiger partial charge in [-0.1, -0.05) is 20.8 Å². The summed E-state index contributed by atoms with van der Waals surface area (Å²) in [6.45, 7) is 7.08. The molecule has 2 N–H and O–H groups in total. The second-order valence-electron chi connectivity index (χ2n) is 8.74. The number of esters is 1. The molecule has 1 aromatic heterocycles. The molecule has 158 valence electrons. The fraction of sp³-hybridized carbons (Fsp3) is 0.632. The minimum atomic E-state index is -0.944. The van der Waals surface area contributed by atoms with Crippen molar-refractivity contribution in [1.82, 2.24) is 15.2 Å². The monoisotopic (exact) mass is 422 g/mol. The van der Waals surface area contributed by atoms with Crippen LogP contribution in [0.5, 0.6) is 0 Å². The topological polar surface area (TPSA) is 118 Å². The highest BCUT2D eigenvalue weighted by Gasteiger charge is 2.56. The van der Waals surface area contributed by atoms with Gasteiger partial charge in [-0.3, -0.25) is 19.3 Å². The minimum Gasteiger partial charge on any atom is -0.458 e. The summed E-state index contributed by atoms with van der Waals surface area (Å²) < 4.78 is 5.16. The third-order valence-electron chi connectivity index (χ3n) is 5.13. The Balaban J connectivity index is 1.59.